The lowest BCUT2D eigenvalue weighted by molar-refractivity contribution is 1.18. The van der Waals surface area contributed by atoms with Crippen molar-refractivity contribution in [3.05, 3.63) is 71.3 Å². The van der Waals surface area contributed by atoms with Crippen LogP contribution in [0, 0.1) is 5.41 Å². The monoisotopic (exact) mass is 246 g/mol. The maximum absolute atomic E-state index is 7.52. The quantitative estimate of drug-likeness (QED) is 0.635. The molecule has 2 aromatic carbocycles. The second-order valence-corrected chi connectivity index (χ2v) is 3.73. The van der Waals surface area contributed by atoms with E-state index in [2.05, 4.69) is 12.1 Å². The highest BCUT2D eigenvalue weighted by Gasteiger charge is 2.04. The van der Waals surface area contributed by atoms with Gasteiger partial charge in [0.1, 0.15) is 5.84 Å². The molecule has 17 heavy (non-hydrogen) atoms. The number of halogens is 1. The number of nitrogen functional groups attached to an aromatic ring is 1. The van der Waals surface area contributed by atoms with Crippen LogP contribution in [0.4, 0.5) is 0 Å². The Morgan fingerprint density at radius 1 is 0.941 bits per heavy atom. The molecule has 0 aliphatic heterocycles. The van der Waals surface area contributed by atoms with E-state index in [1.54, 1.807) is 0 Å². The largest absolute Gasteiger partial charge is 0.384 e. The van der Waals surface area contributed by atoms with Crippen LogP contribution in [0.3, 0.4) is 0 Å². The average Bonchev–Trinajstić information content (AvgIpc) is 2.31. The first kappa shape index (κ1) is 13.3. The molecule has 0 bridgehead atoms. The molecule has 2 aromatic rings. The Morgan fingerprint density at radius 3 is 2.18 bits per heavy atom. The van der Waals surface area contributed by atoms with Crippen molar-refractivity contribution in [3.8, 4) is 0 Å². The Bertz CT molecular complexity index is 495. The van der Waals surface area contributed by atoms with E-state index in [9.17, 15) is 0 Å². The van der Waals surface area contributed by atoms with Crippen LogP contribution in [0.5, 0.6) is 0 Å². The van der Waals surface area contributed by atoms with Crippen LogP contribution >= 0.6 is 12.4 Å². The van der Waals surface area contributed by atoms with Crippen molar-refractivity contribution in [2.45, 2.75) is 6.42 Å². The maximum Gasteiger partial charge on any atom is 0.123 e. The van der Waals surface area contributed by atoms with Crippen molar-refractivity contribution in [2.24, 2.45) is 5.73 Å². The molecule has 0 atom stereocenters. The van der Waals surface area contributed by atoms with E-state index in [-0.39, 0.29) is 18.2 Å². The molecule has 88 valence electrons. The fourth-order valence-electron chi connectivity index (χ4n) is 1.75. The number of benzene rings is 2. The van der Waals surface area contributed by atoms with E-state index in [1.807, 2.05) is 42.5 Å². The van der Waals surface area contributed by atoms with E-state index < -0.39 is 0 Å². The standard InChI is InChI=1S/C14H14N2.ClH/c15-14(16)13-9-5-4-8-12(13)10-11-6-2-1-3-7-11;/h1-9H,10H2,(H3,15,16);1H. The molecule has 0 amide bonds. The minimum absolute atomic E-state index is 0. The van der Waals surface area contributed by atoms with E-state index >= 15 is 0 Å². The van der Waals surface area contributed by atoms with Crippen molar-refractivity contribution in [3.63, 3.8) is 0 Å². The molecule has 0 spiro atoms. The number of amidine groups is 1. The van der Waals surface area contributed by atoms with Crippen LogP contribution in [0.15, 0.2) is 54.6 Å². The molecule has 3 N–H and O–H groups in total. The Balaban J connectivity index is 0.00000144. The highest BCUT2D eigenvalue weighted by molar-refractivity contribution is 5.96. The highest BCUT2D eigenvalue weighted by Crippen LogP contribution is 2.13. The summed E-state index contributed by atoms with van der Waals surface area (Å²) in [4.78, 5) is 0. The van der Waals surface area contributed by atoms with E-state index in [0.717, 1.165) is 17.5 Å². The van der Waals surface area contributed by atoms with Crippen LogP contribution in [-0.4, -0.2) is 5.84 Å². The van der Waals surface area contributed by atoms with Gasteiger partial charge in [0.05, 0.1) is 0 Å². The fraction of sp³-hybridized carbons (Fsp3) is 0.0714. The molecular weight excluding hydrogens is 232 g/mol. The molecule has 2 rings (SSSR count). The summed E-state index contributed by atoms with van der Waals surface area (Å²) in [6.45, 7) is 0. The Labute approximate surface area is 107 Å². The summed E-state index contributed by atoms with van der Waals surface area (Å²) in [6.07, 6.45) is 0.816. The average molecular weight is 247 g/mol. The summed E-state index contributed by atoms with van der Waals surface area (Å²) in [6, 6.07) is 18.0. The molecule has 3 heteroatoms. The van der Waals surface area contributed by atoms with E-state index in [1.165, 1.54) is 5.56 Å². The number of nitrogens with one attached hydrogen (secondary N) is 1. The Kier molecular flexibility index (Phi) is 4.73. The van der Waals surface area contributed by atoms with Gasteiger partial charge in [0.25, 0.3) is 0 Å². The molecule has 2 nitrogen and oxygen atoms in total. The minimum Gasteiger partial charge on any atom is -0.384 e. The predicted molar refractivity (Wildman–Crippen MR) is 74.0 cm³/mol. The van der Waals surface area contributed by atoms with Crippen LogP contribution in [0.25, 0.3) is 0 Å². The van der Waals surface area contributed by atoms with Crippen LogP contribution in [0.1, 0.15) is 16.7 Å². The highest BCUT2D eigenvalue weighted by atomic mass is 35.5. The number of rotatable bonds is 3. The summed E-state index contributed by atoms with van der Waals surface area (Å²) in [5.41, 5.74) is 8.71. The summed E-state index contributed by atoms with van der Waals surface area (Å²) < 4.78 is 0. The smallest absolute Gasteiger partial charge is 0.123 e. The zero-order valence-electron chi connectivity index (χ0n) is 9.39. The molecule has 0 unspecified atom stereocenters. The van der Waals surface area contributed by atoms with Gasteiger partial charge >= 0.3 is 0 Å². The molecule has 0 heterocycles. The van der Waals surface area contributed by atoms with Gasteiger partial charge < -0.3 is 5.73 Å². The first-order chi connectivity index (χ1) is 7.77. The molecule has 0 saturated heterocycles. The van der Waals surface area contributed by atoms with E-state index in [0.29, 0.717) is 0 Å². The molecule has 0 fully saturated rings. The summed E-state index contributed by atoms with van der Waals surface area (Å²) in [7, 11) is 0. The molecule has 0 radical (unpaired) electrons. The second kappa shape index (κ2) is 6.06. The number of nitrogens with two attached hydrogens (primary N) is 1. The lowest BCUT2D eigenvalue weighted by Gasteiger charge is -2.07. The van der Waals surface area contributed by atoms with E-state index in [4.69, 9.17) is 11.1 Å². The summed E-state index contributed by atoms with van der Waals surface area (Å²) >= 11 is 0. The van der Waals surface area contributed by atoms with Crippen LogP contribution in [-0.2, 0) is 6.42 Å². The fourth-order valence-corrected chi connectivity index (χ4v) is 1.75. The van der Waals surface area contributed by atoms with Crippen molar-refractivity contribution < 1.29 is 0 Å². The minimum atomic E-state index is 0. The Morgan fingerprint density at radius 2 is 1.53 bits per heavy atom. The van der Waals surface area contributed by atoms with Crippen molar-refractivity contribution in [1.29, 1.82) is 5.41 Å². The topological polar surface area (TPSA) is 49.9 Å². The third-order valence-corrected chi connectivity index (χ3v) is 2.54. The van der Waals surface area contributed by atoms with Crippen molar-refractivity contribution in [2.75, 3.05) is 0 Å². The lowest BCUT2D eigenvalue weighted by Crippen LogP contribution is -2.13. The molecule has 0 aliphatic rings. The predicted octanol–water partition coefficient (Wildman–Crippen LogP) is 2.98. The zero-order chi connectivity index (χ0) is 11.4. The van der Waals surface area contributed by atoms with Gasteiger partial charge in [-0.15, -0.1) is 12.4 Å². The first-order valence-electron chi connectivity index (χ1n) is 5.23. The first-order valence-corrected chi connectivity index (χ1v) is 5.23. The third kappa shape index (κ3) is 3.33. The van der Waals surface area contributed by atoms with Crippen molar-refractivity contribution in [1.82, 2.24) is 0 Å². The molecule has 0 aliphatic carbocycles. The van der Waals surface area contributed by atoms with Gasteiger partial charge in [-0.2, -0.15) is 0 Å². The number of hydrogen-bond donors (Lipinski definition) is 2. The maximum atomic E-state index is 7.52. The molecular formula is C14H15ClN2. The normalized spacial score (nSPS) is 9.41. The van der Waals surface area contributed by atoms with Gasteiger partial charge in [-0.1, -0.05) is 54.6 Å². The lowest BCUT2D eigenvalue weighted by atomic mass is 9.99. The van der Waals surface area contributed by atoms with Gasteiger partial charge in [0.2, 0.25) is 0 Å². The summed E-state index contributed by atoms with van der Waals surface area (Å²) in [5.74, 6) is 0.131. The van der Waals surface area contributed by atoms with Gasteiger partial charge in [-0.25, -0.2) is 0 Å². The van der Waals surface area contributed by atoms with Gasteiger partial charge in [0, 0.05) is 5.56 Å². The number of hydrogen-bond acceptors (Lipinski definition) is 1. The zero-order valence-corrected chi connectivity index (χ0v) is 10.2. The van der Waals surface area contributed by atoms with Gasteiger partial charge in [0.15, 0.2) is 0 Å². The van der Waals surface area contributed by atoms with Gasteiger partial charge in [-0.3, -0.25) is 5.41 Å². The molecule has 0 saturated carbocycles. The SMILES string of the molecule is Cl.N=C(N)c1ccccc1Cc1ccccc1. The van der Waals surface area contributed by atoms with Crippen LogP contribution < -0.4 is 5.73 Å². The van der Waals surface area contributed by atoms with Crippen LogP contribution in [0.2, 0.25) is 0 Å². The third-order valence-electron chi connectivity index (χ3n) is 2.54. The summed E-state index contributed by atoms with van der Waals surface area (Å²) in [5, 5.41) is 7.52. The molecule has 0 aromatic heterocycles. The Hall–Kier alpha value is -1.80. The second-order valence-electron chi connectivity index (χ2n) is 3.73. The van der Waals surface area contributed by atoms with Crippen molar-refractivity contribution >= 4 is 18.2 Å². The van der Waals surface area contributed by atoms with Gasteiger partial charge in [-0.05, 0) is 17.5 Å².